The molecule has 0 atom stereocenters. The summed E-state index contributed by atoms with van der Waals surface area (Å²) in [5.41, 5.74) is 0.667. The highest BCUT2D eigenvalue weighted by Crippen LogP contribution is 2.27. The molecule has 122 valence electrons. The molecule has 0 N–H and O–H groups in total. The van der Waals surface area contributed by atoms with Gasteiger partial charge in [-0.15, -0.1) is 0 Å². The van der Waals surface area contributed by atoms with Crippen molar-refractivity contribution in [1.82, 2.24) is 15.0 Å². The molecule has 6 nitrogen and oxygen atoms in total. The molecule has 2 aromatic heterocycles. The summed E-state index contributed by atoms with van der Waals surface area (Å²) >= 11 is 5.83. The number of carbonyl (C=O) groups excluding carboxylic acids is 1. The van der Waals surface area contributed by atoms with Crippen LogP contribution in [0.25, 0.3) is 11.6 Å². The molecular weight excluding hydrogens is 330 g/mol. The molecule has 1 aliphatic rings. The van der Waals surface area contributed by atoms with Crippen LogP contribution in [0.15, 0.2) is 51.6 Å². The van der Waals surface area contributed by atoms with Crippen LogP contribution in [-0.4, -0.2) is 40.5 Å². The monoisotopic (exact) mass is 343 g/mol. The maximum Gasteiger partial charge on any atom is 0.238 e. The molecule has 0 radical (unpaired) electrons. The number of likely N-dealkylation sites (tertiary alicyclic amines) is 1. The third-order valence-corrected chi connectivity index (χ3v) is 4.28. The first-order valence-corrected chi connectivity index (χ1v) is 7.95. The topological polar surface area (TPSA) is 72.4 Å². The van der Waals surface area contributed by atoms with Gasteiger partial charge in [0.2, 0.25) is 11.7 Å². The van der Waals surface area contributed by atoms with E-state index in [4.69, 9.17) is 20.5 Å². The number of aromatic nitrogens is 2. The second kappa shape index (κ2) is 6.22. The van der Waals surface area contributed by atoms with Crippen LogP contribution in [0.2, 0.25) is 5.02 Å². The highest BCUT2D eigenvalue weighted by Gasteiger charge is 2.33. The standard InChI is InChI=1S/C17H14ClN3O3/c18-13-5-3-11(4-6-13)14(22)10-21-8-12(9-21)17-19-16(20-24-17)15-2-1-7-23-15/h1-7,12H,8-10H2. The van der Waals surface area contributed by atoms with Gasteiger partial charge in [0, 0.05) is 23.7 Å². The third kappa shape index (κ3) is 2.98. The van der Waals surface area contributed by atoms with Gasteiger partial charge in [0.25, 0.3) is 0 Å². The molecule has 0 aliphatic carbocycles. The zero-order valence-corrected chi connectivity index (χ0v) is 13.4. The molecule has 0 amide bonds. The van der Waals surface area contributed by atoms with Crippen molar-refractivity contribution < 1.29 is 13.7 Å². The highest BCUT2D eigenvalue weighted by molar-refractivity contribution is 6.30. The van der Waals surface area contributed by atoms with E-state index in [2.05, 4.69) is 15.0 Å². The molecule has 7 heteroatoms. The minimum Gasteiger partial charge on any atom is -0.461 e. The summed E-state index contributed by atoms with van der Waals surface area (Å²) in [6, 6.07) is 10.5. The van der Waals surface area contributed by atoms with Crippen LogP contribution in [0.3, 0.4) is 0 Å². The second-order valence-corrected chi connectivity index (χ2v) is 6.19. The fourth-order valence-corrected chi connectivity index (χ4v) is 2.82. The van der Waals surface area contributed by atoms with E-state index in [0.29, 0.717) is 34.6 Å². The zero-order valence-electron chi connectivity index (χ0n) is 12.7. The lowest BCUT2D eigenvalue weighted by Crippen LogP contribution is -2.47. The molecular formula is C17H14ClN3O3. The lowest BCUT2D eigenvalue weighted by Gasteiger charge is -2.36. The first-order chi connectivity index (χ1) is 11.7. The molecule has 24 heavy (non-hydrogen) atoms. The number of carbonyl (C=O) groups is 1. The van der Waals surface area contributed by atoms with E-state index in [9.17, 15) is 4.79 Å². The lowest BCUT2D eigenvalue weighted by molar-refractivity contribution is 0.0802. The van der Waals surface area contributed by atoms with E-state index >= 15 is 0 Å². The van der Waals surface area contributed by atoms with Crippen molar-refractivity contribution in [1.29, 1.82) is 0 Å². The quantitative estimate of drug-likeness (QED) is 0.662. The molecule has 3 aromatic rings. The SMILES string of the molecule is O=C(CN1CC(c2nc(-c3ccco3)no2)C1)c1ccc(Cl)cc1. The molecule has 0 unspecified atom stereocenters. The van der Waals surface area contributed by atoms with Crippen molar-refractivity contribution in [2.75, 3.05) is 19.6 Å². The Hall–Kier alpha value is -2.44. The Kier molecular flexibility index (Phi) is 3.92. The molecule has 0 spiro atoms. The maximum absolute atomic E-state index is 12.2. The average molecular weight is 344 g/mol. The summed E-state index contributed by atoms with van der Waals surface area (Å²) in [5, 5.41) is 4.55. The summed E-state index contributed by atoms with van der Waals surface area (Å²) in [6.07, 6.45) is 1.57. The number of furan rings is 1. The first kappa shape index (κ1) is 15.1. The van der Waals surface area contributed by atoms with Gasteiger partial charge in [-0.2, -0.15) is 4.98 Å². The Bertz CT molecular complexity index is 836. The molecule has 1 saturated heterocycles. The van der Waals surface area contributed by atoms with Gasteiger partial charge in [-0.25, -0.2) is 0 Å². The van der Waals surface area contributed by atoms with Crippen LogP contribution < -0.4 is 0 Å². The third-order valence-electron chi connectivity index (χ3n) is 4.02. The predicted octanol–water partition coefficient (Wildman–Crippen LogP) is 3.27. The van der Waals surface area contributed by atoms with Gasteiger partial charge < -0.3 is 8.94 Å². The molecule has 1 aromatic carbocycles. The molecule has 4 rings (SSSR count). The average Bonchev–Trinajstić information content (AvgIpc) is 3.21. The van der Waals surface area contributed by atoms with Gasteiger partial charge in [-0.1, -0.05) is 16.8 Å². The van der Waals surface area contributed by atoms with Gasteiger partial charge in [0.15, 0.2) is 11.5 Å². The number of halogens is 1. The van der Waals surface area contributed by atoms with E-state index < -0.39 is 0 Å². The van der Waals surface area contributed by atoms with Gasteiger partial charge in [-0.05, 0) is 36.4 Å². The number of Topliss-reactive ketones (excluding diaryl/α,β-unsaturated/α-hetero) is 1. The number of hydrogen-bond donors (Lipinski definition) is 0. The van der Waals surface area contributed by atoms with Crippen LogP contribution in [0, 0.1) is 0 Å². The number of hydrogen-bond acceptors (Lipinski definition) is 6. The Balaban J connectivity index is 1.33. The summed E-state index contributed by atoms with van der Waals surface area (Å²) in [5.74, 6) is 1.84. The van der Waals surface area contributed by atoms with Crippen molar-refractivity contribution in [3.63, 3.8) is 0 Å². The van der Waals surface area contributed by atoms with E-state index in [1.807, 2.05) is 0 Å². The van der Waals surface area contributed by atoms with Crippen molar-refractivity contribution in [3.8, 4) is 11.6 Å². The molecule has 0 bridgehead atoms. The van der Waals surface area contributed by atoms with Crippen molar-refractivity contribution in [3.05, 3.63) is 59.1 Å². The molecule has 0 saturated carbocycles. The fourth-order valence-electron chi connectivity index (χ4n) is 2.69. The summed E-state index contributed by atoms with van der Waals surface area (Å²) < 4.78 is 10.5. The minimum absolute atomic E-state index is 0.0759. The summed E-state index contributed by atoms with van der Waals surface area (Å²) in [4.78, 5) is 18.6. The van der Waals surface area contributed by atoms with Crippen molar-refractivity contribution >= 4 is 17.4 Å². The zero-order chi connectivity index (χ0) is 16.5. The van der Waals surface area contributed by atoms with Gasteiger partial charge in [-0.3, -0.25) is 9.69 Å². The first-order valence-electron chi connectivity index (χ1n) is 7.57. The highest BCUT2D eigenvalue weighted by atomic mass is 35.5. The Morgan fingerprint density at radius 3 is 2.75 bits per heavy atom. The molecule has 1 fully saturated rings. The minimum atomic E-state index is 0.0759. The smallest absolute Gasteiger partial charge is 0.238 e. The van der Waals surface area contributed by atoms with Crippen LogP contribution in [0.4, 0.5) is 0 Å². The van der Waals surface area contributed by atoms with E-state index in [1.54, 1.807) is 42.7 Å². The number of nitrogens with zero attached hydrogens (tertiary/aromatic N) is 3. The van der Waals surface area contributed by atoms with Gasteiger partial charge in [0.05, 0.1) is 18.7 Å². The normalized spacial score (nSPS) is 15.4. The van der Waals surface area contributed by atoms with Crippen LogP contribution >= 0.6 is 11.6 Å². The Morgan fingerprint density at radius 1 is 1.25 bits per heavy atom. The lowest BCUT2D eigenvalue weighted by atomic mass is 9.99. The number of ketones is 1. The summed E-state index contributed by atoms with van der Waals surface area (Å²) in [6.45, 7) is 1.82. The van der Waals surface area contributed by atoms with E-state index in [-0.39, 0.29) is 11.7 Å². The predicted molar refractivity (Wildman–Crippen MR) is 87.0 cm³/mol. The second-order valence-electron chi connectivity index (χ2n) is 5.75. The number of benzene rings is 1. The molecule has 1 aliphatic heterocycles. The molecule has 3 heterocycles. The summed E-state index contributed by atoms with van der Waals surface area (Å²) in [7, 11) is 0. The van der Waals surface area contributed by atoms with Gasteiger partial charge >= 0.3 is 0 Å². The van der Waals surface area contributed by atoms with Crippen LogP contribution in [0.1, 0.15) is 22.2 Å². The number of rotatable bonds is 5. The van der Waals surface area contributed by atoms with Crippen molar-refractivity contribution in [2.24, 2.45) is 0 Å². The fraction of sp³-hybridized carbons (Fsp3) is 0.235. The Labute approximate surface area is 143 Å². The maximum atomic E-state index is 12.2. The van der Waals surface area contributed by atoms with E-state index in [0.717, 1.165) is 13.1 Å². The Morgan fingerprint density at radius 2 is 2.04 bits per heavy atom. The van der Waals surface area contributed by atoms with Crippen LogP contribution in [0.5, 0.6) is 0 Å². The van der Waals surface area contributed by atoms with E-state index in [1.165, 1.54) is 0 Å². The van der Waals surface area contributed by atoms with Gasteiger partial charge in [0.1, 0.15) is 0 Å². The largest absolute Gasteiger partial charge is 0.461 e. The van der Waals surface area contributed by atoms with Crippen molar-refractivity contribution in [2.45, 2.75) is 5.92 Å². The van der Waals surface area contributed by atoms with Crippen LogP contribution in [-0.2, 0) is 0 Å².